The smallest absolute Gasteiger partial charge is 0.266 e. The van der Waals surface area contributed by atoms with E-state index in [-0.39, 0.29) is 28.1 Å². The topological polar surface area (TPSA) is 101 Å². The van der Waals surface area contributed by atoms with Gasteiger partial charge in [-0.15, -0.1) is 11.3 Å². The monoisotopic (exact) mass is 513 g/mol. The molecule has 0 saturated heterocycles. The highest BCUT2D eigenvalue weighted by atomic mass is 32.2. The summed E-state index contributed by atoms with van der Waals surface area (Å²) < 4.78 is 15.6. The van der Waals surface area contributed by atoms with Crippen molar-refractivity contribution in [3.05, 3.63) is 99.9 Å². The van der Waals surface area contributed by atoms with E-state index in [1.807, 2.05) is 35.7 Å². The number of halogens is 1. The maximum atomic E-state index is 14.4. The normalized spacial score (nSPS) is 10.8. The zero-order valence-electron chi connectivity index (χ0n) is 18.5. The van der Waals surface area contributed by atoms with E-state index in [4.69, 9.17) is 5.26 Å². The van der Waals surface area contributed by atoms with Crippen molar-refractivity contribution in [2.45, 2.75) is 5.16 Å². The van der Waals surface area contributed by atoms with E-state index >= 15 is 0 Å². The number of carbonyl (C=O) groups excluding carboxylic acids is 1. The van der Waals surface area contributed by atoms with Gasteiger partial charge in [-0.1, -0.05) is 54.2 Å². The van der Waals surface area contributed by atoms with Crippen LogP contribution < -0.4 is 10.9 Å². The van der Waals surface area contributed by atoms with Crippen LogP contribution >= 0.6 is 23.1 Å². The summed E-state index contributed by atoms with van der Waals surface area (Å²) in [5.74, 6) is -1.13. The molecule has 0 aliphatic rings. The van der Waals surface area contributed by atoms with Gasteiger partial charge in [0.2, 0.25) is 5.91 Å². The number of thioether (sulfide) groups is 1. The molecule has 0 aliphatic carbocycles. The van der Waals surface area contributed by atoms with Crippen molar-refractivity contribution in [3.63, 3.8) is 0 Å². The summed E-state index contributed by atoms with van der Waals surface area (Å²) in [5.41, 5.74) is 1.85. The van der Waals surface area contributed by atoms with Crippen LogP contribution in [-0.4, -0.2) is 26.2 Å². The highest BCUT2D eigenvalue weighted by molar-refractivity contribution is 7.99. The Hall–Kier alpha value is -4.33. The Morgan fingerprint density at radius 1 is 1.08 bits per heavy atom. The highest BCUT2D eigenvalue weighted by Crippen LogP contribution is 2.26. The number of thiazole rings is 1. The second-order valence-electron chi connectivity index (χ2n) is 7.57. The summed E-state index contributed by atoms with van der Waals surface area (Å²) in [6, 6.07) is 22.1. The summed E-state index contributed by atoms with van der Waals surface area (Å²) in [6.45, 7) is 0. The van der Waals surface area contributed by atoms with Crippen LogP contribution in [0.25, 0.3) is 27.8 Å². The quantitative estimate of drug-likeness (QED) is 0.246. The molecular formula is C26H16FN5O2S2. The molecule has 3 aromatic carbocycles. The molecular weight excluding hydrogens is 497 g/mol. The minimum Gasteiger partial charge on any atom is -0.301 e. The van der Waals surface area contributed by atoms with Crippen LogP contribution in [-0.2, 0) is 4.79 Å². The number of rotatable bonds is 6. The maximum Gasteiger partial charge on any atom is 0.266 e. The van der Waals surface area contributed by atoms with E-state index < -0.39 is 11.4 Å². The molecule has 1 N–H and O–H groups in total. The number of fused-ring (bicyclic) bond motifs is 1. The van der Waals surface area contributed by atoms with Crippen molar-refractivity contribution in [2.24, 2.45) is 0 Å². The van der Waals surface area contributed by atoms with E-state index in [2.05, 4.69) is 15.3 Å². The fourth-order valence-corrected chi connectivity index (χ4v) is 5.08. The van der Waals surface area contributed by atoms with Crippen molar-refractivity contribution in [3.8, 4) is 23.0 Å². The Labute approximate surface area is 212 Å². The van der Waals surface area contributed by atoms with Crippen LogP contribution in [0.3, 0.4) is 0 Å². The van der Waals surface area contributed by atoms with Crippen molar-refractivity contribution >= 4 is 45.0 Å². The molecule has 10 heteroatoms. The maximum absolute atomic E-state index is 14.4. The van der Waals surface area contributed by atoms with E-state index in [1.165, 1.54) is 28.0 Å². The summed E-state index contributed by atoms with van der Waals surface area (Å²) in [5, 5.41) is 14.7. The zero-order chi connectivity index (χ0) is 25.1. The molecule has 1 amide bonds. The number of anilines is 1. The molecule has 0 fully saturated rings. The molecule has 2 heterocycles. The fourth-order valence-electron chi connectivity index (χ4n) is 3.53. The molecule has 5 rings (SSSR count). The molecule has 2 aromatic heterocycles. The third-order valence-corrected chi connectivity index (χ3v) is 6.93. The number of hydrogen-bond acceptors (Lipinski definition) is 7. The standard InChI is InChI=1S/C26H16FN5O2S2/c27-20-12-18(11-10-17(20)13-28)32-24(34)19-8-4-5-9-21(19)30-26(32)36-15-23(33)31-25-29-22(14-35-25)16-6-2-1-3-7-16/h1-12,14H,15H2,(H,29,31,33). The number of hydrogen-bond donors (Lipinski definition) is 1. The van der Waals surface area contributed by atoms with Gasteiger partial charge < -0.3 is 5.32 Å². The molecule has 176 valence electrons. The fraction of sp³-hybridized carbons (Fsp3) is 0.0385. The number of nitriles is 1. The number of amides is 1. The Morgan fingerprint density at radius 2 is 1.86 bits per heavy atom. The van der Waals surface area contributed by atoms with Crippen molar-refractivity contribution < 1.29 is 9.18 Å². The molecule has 0 radical (unpaired) electrons. The van der Waals surface area contributed by atoms with E-state index in [0.717, 1.165) is 29.1 Å². The number of nitrogens with zero attached hydrogens (tertiary/aromatic N) is 4. The lowest BCUT2D eigenvalue weighted by Crippen LogP contribution is -2.23. The van der Waals surface area contributed by atoms with Gasteiger partial charge in [-0.25, -0.2) is 14.4 Å². The van der Waals surface area contributed by atoms with Crippen molar-refractivity contribution in [1.29, 1.82) is 5.26 Å². The largest absolute Gasteiger partial charge is 0.301 e. The second-order valence-corrected chi connectivity index (χ2v) is 9.37. The van der Waals surface area contributed by atoms with Crippen LogP contribution in [0, 0.1) is 17.1 Å². The van der Waals surface area contributed by atoms with Gasteiger partial charge in [-0.3, -0.25) is 14.2 Å². The molecule has 36 heavy (non-hydrogen) atoms. The molecule has 0 spiro atoms. The highest BCUT2D eigenvalue weighted by Gasteiger charge is 2.17. The minimum atomic E-state index is -0.748. The lowest BCUT2D eigenvalue weighted by molar-refractivity contribution is -0.113. The SMILES string of the molecule is N#Cc1ccc(-n2c(SCC(=O)Nc3nc(-c4ccccc4)cs3)nc3ccccc3c2=O)cc1F. The second kappa shape index (κ2) is 10.1. The number of benzene rings is 3. The summed E-state index contributed by atoms with van der Waals surface area (Å²) in [6.07, 6.45) is 0. The Morgan fingerprint density at radius 3 is 2.64 bits per heavy atom. The number of para-hydroxylation sites is 1. The predicted molar refractivity (Wildman–Crippen MR) is 139 cm³/mol. The number of aromatic nitrogens is 3. The Balaban J connectivity index is 1.42. The minimum absolute atomic E-state index is 0.0518. The van der Waals surface area contributed by atoms with Gasteiger partial charge >= 0.3 is 0 Å². The third kappa shape index (κ3) is 4.75. The van der Waals surface area contributed by atoms with Crippen LogP contribution in [0.4, 0.5) is 9.52 Å². The first-order chi connectivity index (χ1) is 17.5. The van der Waals surface area contributed by atoms with Crippen molar-refractivity contribution in [1.82, 2.24) is 14.5 Å². The van der Waals surface area contributed by atoms with Crippen LogP contribution in [0.2, 0.25) is 0 Å². The van der Waals surface area contributed by atoms with Crippen LogP contribution in [0.1, 0.15) is 5.56 Å². The first-order valence-electron chi connectivity index (χ1n) is 10.7. The molecule has 0 aliphatic heterocycles. The molecule has 7 nitrogen and oxygen atoms in total. The van der Waals surface area contributed by atoms with E-state index in [9.17, 15) is 14.0 Å². The van der Waals surface area contributed by atoms with Gasteiger partial charge in [0.25, 0.3) is 5.56 Å². The van der Waals surface area contributed by atoms with Crippen LogP contribution in [0.15, 0.2) is 88.1 Å². The van der Waals surface area contributed by atoms with Gasteiger partial charge in [0.15, 0.2) is 10.3 Å². The van der Waals surface area contributed by atoms with Gasteiger partial charge in [0.05, 0.1) is 33.6 Å². The molecule has 0 unspecified atom stereocenters. The Bertz CT molecular complexity index is 1690. The molecule has 0 saturated carbocycles. The third-order valence-electron chi connectivity index (χ3n) is 5.23. The van der Waals surface area contributed by atoms with E-state index in [0.29, 0.717) is 16.0 Å². The Kier molecular flexibility index (Phi) is 6.58. The lowest BCUT2D eigenvalue weighted by atomic mass is 10.2. The van der Waals surface area contributed by atoms with Gasteiger partial charge in [-0.05, 0) is 30.3 Å². The summed E-state index contributed by atoms with van der Waals surface area (Å²) >= 11 is 2.36. The average Bonchev–Trinajstić information content (AvgIpc) is 3.36. The molecule has 0 atom stereocenters. The molecule has 0 bridgehead atoms. The summed E-state index contributed by atoms with van der Waals surface area (Å²) in [4.78, 5) is 35.0. The first-order valence-corrected chi connectivity index (χ1v) is 12.6. The van der Waals surface area contributed by atoms with Gasteiger partial charge in [-0.2, -0.15) is 5.26 Å². The lowest BCUT2D eigenvalue weighted by Gasteiger charge is -2.13. The summed E-state index contributed by atoms with van der Waals surface area (Å²) in [7, 11) is 0. The number of carbonyl (C=O) groups is 1. The molecule has 5 aromatic rings. The van der Waals surface area contributed by atoms with E-state index in [1.54, 1.807) is 30.3 Å². The predicted octanol–water partition coefficient (Wildman–Crippen LogP) is 5.25. The average molecular weight is 514 g/mol. The number of nitrogens with one attached hydrogen (secondary N) is 1. The first kappa shape index (κ1) is 23.4. The van der Waals surface area contributed by atoms with Gasteiger partial charge in [0.1, 0.15) is 11.9 Å². The zero-order valence-corrected chi connectivity index (χ0v) is 20.1. The van der Waals surface area contributed by atoms with Gasteiger partial charge in [0, 0.05) is 10.9 Å². The van der Waals surface area contributed by atoms with Crippen LogP contribution in [0.5, 0.6) is 0 Å². The van der Waals surface area contributed by atoms with Crippen molar-refractivity contribution in [2.75, 3.05) is 11.1 Å².